The van der Waals surface area contributed by atoms with Crippen LogP contribution in [0.2, 0.25) is 0 Å². The van der Waals surface area contributed by atoms with E-state index in [4.69, 9.17) is 4.74 Å². The zero-order chi connectivity index (χ0) is 13.5. The van der Waals surface area contributed by atoms with Crippen molar-refractivity contribution in [1.29, 1.82) is 0 Å². The number of para-hydroxylation sites is 1. The maximum absolute atomic E-state index is 13.5. The first kappa shape index (κ1) is 13.4. The number of ether oxygens (including phenoxy) is 1. The number of hydrogen-bond donors (Lipinski definition) is 1. The Bertz CT molecular complexity index is 528. The zero-order valence-electron chi connectivity index (χ0n) is 11.0. The molecule has 0 radical (unpaired) electrons. The summed E-state index contributed by atoms with van der Waals surface area (Å²) in [4.78, 5) is 0. The summed E-state index contributed by atoms with van der Waals surface area (Å²) in [5.41, 5.74) is 1.58. The molecule has 0 aliphatic heterocycles. The van der Waals surface area contributed by atoms with E-state index < -0.39 is 0 Å². The van der Waals surface area contributed by atoms with E-state index in [9.17, 15) is 4.39 Å². The van der Waals surface area contributed by atoms with Gasteiger partial charge in [-0.25, -0.2) is 4.39 Å². The van der Waals surface area contributed by atoms with Crippen molar-refractivity contribution in [3.63, 3.8) is 0 Å². The Labute approximate surface area is 113 Å². The molecule has 2 aromatic rings. The van der Waals surface area contributed by atoms with Crippen LogP contribution in [0, 0.1) is 5.82 Å². The van der Waals surface area contributed by atoms with Crippen molar-refractivity contribution < 1.29 is 9.13 Å². The third kappa shape index (κ3) is 3.98. The summed E-state index contributed by atoms with van der Waals surface area (Å²) in [6.07, 6.45) is 0.984. The van der Waals surface area contributed by atoms with Gasteiger partial charge in [0.15, 0.2) is 0 Å². The summed E-state index contributed by atoms with van der Waals surface area (Å²) < 4.78 is 19.0. The molecular weight excluding hydrogens is 241 g/mol. The quantitative estimate of drug-likeness (QED) is 0.838. The SMILES string of the molecule is CCCOc1cccc(CNc2ccccc2F)c1. The van der Waals surface area contributed by atoms with Gasteiger partial charge in [0.2, 0.25) is 0 Å². The van der Waals surface area contributed by atoms with Gasteiger partial charge in [-0.15, -0.1) is 0 Å². The lowest BCUT2D eigenvalue weighted by Gasteiger charge is -2.09. The molecule has 0 fully saturated rings. The molecule has 2 aromatic carbocycles. The minimum atomic E-state index is -0.235. The van der Waals surface area contributed by atoms with Crippen molar-refractivity contribution in [3.8, 4) is 5.75 Å². The monoisotopic (exact) mass is 259 g/mol. The van der Waals surface area contributed by atoms with E-state index in [1.54, 1.807) is 12.1 Å². The minimum absolute atomic E-state index is 0.235. The lowest BCUT2D eigenvalue weighted by atomic mass is 10.2. The van der Waals surface area contributed by atoms with E-state index in [1.807, 2.05) is 30.3 Å². The Kier molecular flexibility index (Phi) is 4.78. The molecule has 2 rings (SSSR count). The first-order chi connectivity index (χ1) is 9.29. The standard InChI is InChI=1S/C16H18FNO/c1-2-10-19-14-7-5-6-13(11-14)12-18-16-9-4-3-8-15(16)17/h3-9,11,18H,2,10,12H2,1H3. The molecule has 0 saturated carbocycles. The van der Waals surface area contributed by atoms with Crippen LogP contribution in [0.25, 0.3) is 0 Å². The summed E-state index contributed by atoms with van der Waals surface area (Å²) in [5.74, 6) is 0.621. The van der Waals surface area contributed by atoms with Crippen LogP contribution in [-0.2, 0) is 6.54 Å². The second-order valence-corrected chi connectivity index (χ2v) is 4.33. The molecule has 0 aliphatic rings. The Morgan fingerprint density at radius 1 is 1.11 bits per heavy atom. The highest BCUT2D eigenvalue weighted by atomic mass is 19.1. The molecule has 2 nitrogen and oxygen atoms in total. The number of anilines is 1. The van der Waals surface area contributed by atoms with Crippen LogP contribution in [0.4, 0.5) is 10.1 Å². The van der Waals surface area contributed by atoms with E-state index in [0.717, 1.165) is 17.7 Å². The van der Waals surface area contributed by atoms with Crippen LogP contribution in [0.15, 0.2) is 48.5 Å². The van der Waals surface area contributed by atoms with Gasteiger partial charge in [-0.3, -0.25) is 0 Å². The summed E-state index contributed by atoms with van der Waals surface area (Å²) >= 11 is 0. The van der Waals surface area contributed by atoms with Gasteiger partial charge >= 0.3 is 0 Å². The molecule has 0 unspecified atom stereocenters. The molecular formula is C16H18FNO. The lowest BCUT2D eigenvalue weighted by Crippen LogP contribution is -2.02. The van der Waals surface area contributed by atoms with Crippen LogP contribution in [0.5, 0.6) is 5.75 Å². The highest BCUT2D eigenvalue weighted by Gasteiger charge is 2.01. The predicted octanol–water partition coefficient (Wildman–Crippen LogP) is 4.23. The second-order valence-electron chi connectivity index (χ2n) is 4.33. The average molecular weight is 259 g/mol. The predicted molar refractivity (Wildman–Crippen MR) is 76.0 cm³/mol. The Balaban J connectivity index is 1.98. The van der Waals surface area contributed by atoms with E-state index in [0.29, 0.717) is 18.8 Å². The van der Waals surface area contributed by atoms with Crippen molar-refractivity contribution in [2.24, 2.45) is 0 Å². The van der Waals surface area contributed by atoms with Gasteiger partial charge in [-0.05, 0) is 36.2 Å². The van der Waals surface area contributed by atoms with Gasteiger partial charge in [-0.2, -0.15) is 0 Å². The van der Waals surface area contributed by atoms with Crippen LogP contribution in [0.1, 0.15) is 18.9 Å². The van der Waals surface area contributed by atoms with E-state index in [2.05, 4.69) is 12.2 Å². The topological polar surface area (TPSA) is 21.3 Å². The highest BCUT2D eigenvalue weighted by molar-refractivity contribution is 5.45. The van der Waals surface area contributed by atoms with Gasteiger partial charge in [-0.1, -0.05) is 31.2 Å². The van der Waals surface area contributed by atoms with Crippen molar-refractivity contribution in [2.75, 3.05) is 11.9 Å². The van der Waals surface area contributed by atoms with E-state index in [1.165, 1.54) is 6.07 Å². The van der Waals surface area contributed by atoms with Gasteiger partial charge in [0.1, 0.15) is 11.6 Å². The molecule has 0 saturated heterocycles. The highest BCUT2D eigenvalue weighted by Crippen LogP contribution is 2.17. The molecule has 19 heavy (non-hydrogen) atoms. The normalized spacial score (nSPS) is 10.2. The van der Waals surface area contributed by atoms with Gasteiger partial charge in [0.05, 0.1) is 12.3 Å². The number of nitrogens with one attached hydrogen (secondary N) is 1. The molecule has 0 spiro atoms. The van der Waals surface area contributed by atoms with Gasteiger partial charge in [0, 0.05) is 6.54 Å². The number of benzene rings is 2. The molecule has 0 heterocycles. The van der Waals surface area contributed by atoms with Crippen molar-refractivity contribution in [2.45, 2.75) is 19.9 Å². The maximum atomic E-state index is 13.5. The molecule has 0 bridgehead atoms. The lowest BCUT2D eigenvalue weighted by molar-refractivity contribution is 0.317. The Morgan fingerprint density at radius 2 is 1.95 bits per heavy atom. The van der Waals surface area contributed by atoms with Crippen LogP contribution in [0.3, 0.4) is 0 Å². The first-order valence-electron chi connectivity index (χ1n) is 6.49. The molecule has 0 aromatic heterocycles. The largest absolute Gasteiger partial charge is 0.494 e. The maximum Gasteiger partial charge on any atom is 0.146 e. The van der Waals surface area contributed by atoms with Gasteiger partial charge in [0.25, 0.3) is 0 Å². The molecule has 0 aliphatic carbocycles. The summed E-state index contributed by atoms with van der Waals surface area (Å²) in [6, 6.07) is 14.5. The fourth-order valence-corrected chi connectivity index (χ4v) is 1.77. The molecule has 1 N–H and O–H groups in total. The summed E-state index contributed by atoms with van der Waals surface area (Å²) in [7, 11) is 0. The first-order valence-corrected chi connectivity index (χ1v) is 6.49. The van der Waals surface area contributed by atoms with Crippen LogP contribution < -0.4 is 10.1 Å². The molecule has 3 heteroatoms. The zero-order valence-corrected chi connectivity index (χ0v) is 11.0. The molecule has 0 atom stereocenters. The van der Waals surface area contributed by atoms with Crippen molar-refractivity contribution in [1.82, 2.24) is 0 Å². The van der Waals surface area contributed by atoms with Gasteiger partial charge < -0.3 is 10.1 Å². The fraction of sp³-hybridized carbons (Fsp3) is 0.250. The number of halogens is 1. The number of hydrogen-bond acceptors (Lipinski definition) is 2. The van der Waals surface area contributed by atoms with Crippen molar-refractivity contribution in [3.05, 3.63) is 59.9 Å². The summed E-state index contributed by atoms with van der Waals surface area (Å²) in [5, 5.41) is 3.08. The minimum Gasteiger partial charge on any atom is -0.494 e. The van der Waals surface area contributed by atoms with Crippen molar-refractivity contribution >= 4 is 5.69 Å². The molecule has 100 valence electrons. The summed E-state index contributed by atoms with van der Waals surface area (Å²) in [6.45, 7) is 3.36. The second kappa shape index (κ2) is 6.78. The van der Waals surface area contributed by atoms with Crippen LogP contribution in [-0.4, -0.2) is 6.61 Å². The van der Waals surface area contributed by atoms with E-state index >= 15 is 0 Å². The third-order valence-corrected chi connectivity index (χ3v) is 2.73. The third-order valence-electron chi connectivity index (χ3n) is 2.73. The fourth-order valence-electron chi connectivity index (χ4n) is 1.77. The van der Waals surface area contributed by atoms with Crippen LogP contribution >= 0.6 is 0 Å². The smallest absolute Gasteiger partial charge is 0.146 e. The Morgan fingerprint density at radius 3 is 2.74 bits per heavy atom. The van der Waals surface area contributed by atoms with E-state index in [-0.39, 0.29) is 5.82 Å². The molecule has 0 amide bonds. The Hall–Kier alpha value is -2.03. The average Bonchev–Trinajstić information content (AvgIpc) is 2.45. The number of rotatable bonds is 6.